The first kappa shape index (κ1) is 13.8. The Bertz CT molecular complexity index is 414. The van der Waals surface area contributed by atoms with E-state index in [0.29, 0.717) is 5.56 Å². The van der Waals surface area contributed by atoms with Crippen LogP contribution >= 0.6 is 15.9 Å². The van der Waals surface area contributed by atoms with Crippen molar-refractivity contribution in [2.24, 2.45) is 0 Å². The fourth-order valence-corrected chi connectivity index (χ4v) is 1.65. The lowest BCUT2D eigenvalue weighted by Crippen LogP contribution is -2.24. The molecule has 0 radical (unpaired) electrons. The number of esters is 1. The van der Waals surface area contributed by atoms with Gasteiger partial charge < -0.3 is 4.74 Å². The molecule has 0 saturated carbocycles. The van der Waals surface area contributed by atoms with Gasteiger partial charge in [-0.25, -0.2) is 9.18 Å². The predicted octanol–water partition coefficient (Wildman–Crippen LogP) is 2.78. The molecular formula is C12H12BrFO3. The van der Waals surface area contributed by atoms with Crippen LogP contribution in [-0.4, -0.2) is 17.9 Å². The summed E-state index contributed by atoms with van der Waals surface area (Å²) in [5, 5.41) is 0. The fraction of sp³-hybridized carbons (Fsp3) is 0.333. The Morgan fingerprint density at radius 1 is 1.24 bits per heavy atom. The number of carbonyl (C=O) groups excluding carboxylic acids is 2. The zero-order valence-electron chi connectivity index (χ0n) is 9.44. The standard InChI is InChI=1S/C12H12BrFO3/c1-7(2)17-12(16)11(15)10(13)8-3-5-9(14)6-4-8/h3-7,10H,1-2H3. The summed E-state index contributed by atoms with van der Waals surface area (Å²) in [4.78, 5) is 22.2. The molecule has 1 unspecified atom stereocenters. The highest BCUT2D eigenvalue weighted by molar-refractivity contribution is 9.09. The average molecular weight is 303 g/mol. The van der Waals surface area contributed by atoms with Crippen LogP contribution in [0.15, 0.2) is 24.3 Å². The van der Waals surface area contributed by atoms with Gasteiger partial charge in [-0.2, -0.15) is 0 Å². The first-order valence-corrected chi connectivity index (χ1v) is 5.97. The van der Waals surface area contributed by atoms with Gasteiger partial charge in [0.05, 0.1) is 6.10 Å². The molecule has 0 heterocycles. The molecule has 1 aromatic rings. The number of benzene rings is 1. The van der Waals surface area contributed by atoms with Crippen molar-refractivity contribution in [3.8, 4) is 0 Å². The molecule has 1 aromatic carbocycles. The van der Waals surface area contributed by atoms with Crippen LogP contribution in [0.3, 0.4) is 0 Å². The minimum absolute atomic E-state index is 0.348. The number of hydrogen-bond acceptors (Lipinski definition) is 3. The molecule has 3 nitrogen and oxygen atoms in total. The van der Waals surface area contributed by atoms with Crippen LogP contribution in [0.5, 0.6) is 0 Å². The van der Waals surface area contributed by atoms with E-state index in [0.717, 1.165) is 0 Å². The molecule has 0 fully saturated rings. The van der Waals surface area contributed by atoms with Crippen LogP contribution < -0.4 is 0 Å². The Kier molecular flexibility index (Phi) is 4.81. The van der Waals surface area contributed by atoms with E-state index < -0.39 is 22.4 Å². The lowest BCUT2D eigenvalue weighted by Gasteiger charge is -2.10. The maximum atomic E-state index is 12.7. The van der Waals surface area contributed by atoms with Crippen molar-refractivity contribution in [1.29, 1.82) is 0 Å². The third-order valence-corrected chi connectivity index (χ3v) is 2.88. The molecule has 0 aliphatic heterocycles. The highest BCUT2D eigenvalue weighted by atomic mass is 79.9. The van der Waals surface area contributed by atoms with Crippen LogP contribution in [0, 0.1) is 5.82 Å². The van der Waals surface area contributed by atoms with E-state index in [1.807, 2.05) is 0 Å². The van der Waals surface area contributed by atoms with Crippen LogP contribution in [0.4, 0.5) is 4.39 Å². The average Bonchev–Trinajstić information content (AvgIpc) is 2.27. The van der Waals surface area contributed by atoms with Gasteiger partial charge in [-0.3, -0.25) is 4.79 Å². The van der Waals surface area contributed by atoms with E-state index in [1.54, 1.807) is 13.8 Å². The van der Waals surface area contributed by atoms with E-state index >= 15 is 0 Å². The number of ketones is 1. The molecule has 0 bridgehead atoms. The second kappa shape index (κ2) is 5.91. The number of alkyl halides is 1. The zero-order chi connectivity index (χ0) is 13.0. The van der Waals surface area contributed by atoms with Crippen LogP contribution in [0.25, 0.3) is 0 Å². The molecule has 5 heteroatoms. The Balaban J connectivity index is 2.76. The van der Waals surface area contributed by atoms with Crippen LogP contribution in [-0.2, 0) is 14.3 Å². The summed E-state index contributed by atoms with van der Waals surface area (Å²) in [6.07, 6.45) is -0.348. The number of Topliss-reactive ketones (excluding diaryl/α,β-unsaturated/α-hetero) is 1. The molecule has 92 valence electrons. The van der Waals surface area contributed by atoms with Gasteiger partial charge in [0.15, 0.2) is 0 Å². The summed E-state index contributed by atoms with van der Waals surface area (Å²) >= 11 is 3.09. The van der Waals surface area contributed by atoms with Gasteiger partial charge in [-0.15, -0.1) is 0 Å². The van der Waals surface area contributed by atoms with Gasteiger partial charge in [0.25, 0.3) is 5.78 Å². The number of halogens is 2. The molecule has 0 saturated heterocycles. The molecule has 17 heavy (non-hydrogen) atoms. The van der Waals surface area contributed by atoms with Gasteiger partial charge in [0, 0.05) is 0 Å². The number of rotatable bonds is 4. The Hall–Kier alpha value is -1.23. The lowest BCUT2D eigenvalue weighted by molar-refractivity contribution is -0.156. The second-order valence-corrected chi connectivity index (χ2v) is 4.65. The van der Waals surface area contributed by atoms with Crippen molar-refractivity contribution in [1.82, 2.24) is 0 Å². The van der Waals surface area contributed by atoms with Crippen molar-refractivity contribution < 1.29 is 18.7 Å². The van der Waals surface area contributed by atoms with E-state index in [1.165, 1.54) is 24.3 Å². The Morgan fingerprint density at radius 3 is 2.24 bits per heavy atom. The van der Waals surface area contributed by atoms with E-state index in [-0.39, 0.29) is 6.10 Å². The largest absolute Gasteiger partial charge is 0.457 e. The quantitative estimate of drug-likeness (QED) is 0.488. The van der Waals surface area contributed by atoms with Gasteiger partial charge >= 0.3 is 5.97 Å². The van der Waals surface area contributed by atoms with Crippen LogP contribution in [0.2, 0.25) is 0 Å². The first-order chi connectivity index (χ1) is 7.91. The molecule has 0 aromatic heterocycles. The van der Waals surface area contributed by atoms with Gasteiger partial charge in [0.1, 0.15) is 10.6 Å². The SMILES string of the molecule is CC(C)OC(=O)C(=O)C(Br)c1ccc(F)cc1. The molecule has 0 spiro atoms. The highest BCUT2D eigenvalue weighted by Gasteiger charge is 2.26. The molecular weight excluding hydrogens is 291 g/mol. The smallest absolute Gasteiger partial charge is 0.376 e. The molecule has 1 atom stereocenters. The fourth-order valence-electron chi connectivity index (χ4n) is 1.16. The first-order valence-electron chi connectivity index (χ1n) is 5.06. The van der Waals surface area contributed by atoms with Crippen molar-refractivity contribution >= 4 is 27.7 Å². The van der Waals surface area contributed by atoms with Gasteiger partial charge in [0.2, 0.25) is 0 Å². The summed E-state index contributed by atoms with van der Waals surface area (Å²) < 4.78 is 17.5. The van der Waals surface area contributed by atoms with Crippen molar-refractivity contribution in [2.45, 2.75) is 24.8 Å². The predicted molar refractivity (Wildman–Crippen MR) is 64.3 cm³/mol. The summed E-state index contributed by atoms with van der Waals surface area (Å²) in [5.41, 5.74) is 0.511. The van der Waals surface area contributed by atoms with Gasteiger partial charge in [-0.05, 0) is 31.5 Å². The molecule has 1 rings (SSSR count). The third kappa shape index (κ3) is 3.93. The van der Waals surface area contributed by atoms with Gasteiger partial charge in [-0.1, -0.05) is 28.1 Å². The topological polar surface area (TPSA) is 43.4 Å². The second-order valence-electron chi connectivity index (χ2n) is 3.73. The summed E-state index contributed by atoms with van der Waals surface area (Å²) in [6.45, 7) is 3.32. The molecule has 0 amide bonds. The summed E-state index contributed by atoms with van der Waals surface area (Å²) in [5.74, 6) is -2.00. The summed E-state index contributed by atoms with van der Waals surface area (Å²) in [6, 6.07) is 5.33. The number of hydrogen-bond donors (Lipinski definition) is 0. The molecule has 0 aliphatic rings. The van der Waals surface area contributed by atoms with Crippen molar-refractivity contribution in [3.63, 3.8) is 0 Å². The monoisotopic (exact) mass is 302 g/mol. The Labute approximate surface area is 107 Å². The maximum absolute atomic E-state index is 12.7. The summed E-state index contributed by atoms with van der Waals surface area (Å²) in [7, 11) is 0. The third-order valence-electron chi connectivity index (χ3n) is 1.94. The normalized spacial score (nSPS) is 12.3. The van der Waals surface area contributed by atoms with E-state index in [4.69, 9.17) is 4.74 Å². The van der Waals surface area contributed by atoms with E-state index in [2.05, 4.69) is 15.9 Å². The lowest BCUT2D eigenvalue weighted by atomic mass is 10.1. The molecule has 0 aliphatic carbocycles. The van der Waals surface area contributed by atoms with E-state index in [9.17, 15) is 14.0 Å². The number of ether oxygens (including phenoxy) is 1. The highest BCUT2D eigenvalue weighted by Crippen LogP contribution is 2.24. The van der Waals surface area contributed by atoms with Crippen LogP contribution in [0.1, 0.15) is 24.2 Å². The maximum Gasteiger partial charge on any atom is 0.376 e. The number of carbonyl (C=O) groups is 2. The van der Waals surface area contributed by atoms with Crippen molar-refractivity contribution in [3.05, 3.63) is 35.6 Å². The van der Waals surface area contributed by atoms with Crippen molar-refractivity contribution in [2.75, 3.05) is 0 Å². The minimum Gasteiger partial charge on any atom is -0.457 e. The Morgan fingerprint density at radius 2 is 1.76 bits per heavy atom. The minimum atomic E-state index is -0.897. The zero-order valence-corrected chi connectivity index (χ0v) is 11.0. The molecule has 0 N–H and O–H groups in total.